The summed E-state index contributed by atoms with van der Waals surface area (Å²) in [6.07, 6.45) is 6.22. The molecule has 0 aliphatic carbocycles. The Hall–Kier alpha value is -0.160. The lowest BCUT2D eigenvalue weighted by Gasteiger charge is -2.06. The van der Waals surface area contributed by atoms with Gasteiger partial charge in [-0.3, -0.25) is 0 Å². The van der Waals surface area contributed by atoms with Crippen LogP contribution < -0.4 is 5.32 Å². The van der Waals surface area contributed by atoms with Crippen molar-refractivity contribution in [1.82, 2.24) is 5.32 Å². The molecule has 0 unspecified atom stereocenters. The monoisotopic (exact) mass is 261 g/mol. The third-order valence-corrected chi connectivity index (χ3v) is 2.64. The van der Waals surface area contributed by atoms with Crippen LogP contribution in [-0.4, -0.2) is 53.2 Å². The molecule has 4 nitrogen and oxygen atoms in total. The Balaban J connectivity index is 2.86. The third kappa shape index (κ3) is 15.8. The molecule has 0 bridgehead atoms. The van der Waals surface area contributed by atoms with Crippen LogP contribution in [0, 0.1) is 0 Å². The van der Waals surface area contributed by atoms with Crippen molar-refractivity contribution in [3.05, 3.63) is 0 Å². The van der Waals surface area contributed by atoms with Gasteiger partial charge in [-0.25, -0.2) is 0 Å². The highest BCUT2D eigenvalue weighted by molar-refractivity contribution is 4.48. The van der Waals surface area contributed by atoms with Crippen LogP contribution >= 0.6 is 0 Å². The van der Waals surface area contributed by atoms with Gasteiger partial charge in [-0.05, 0) is 19.4 Å². The first-order valence-electron chi connectivity index (χ1n) is 7.27. The average Bonchev–Trinajstić information content (AvgIpc) is 2.39. The molecular formula is C14H31NO3. The Bertz CT molecular complexity index is 129. The molecule has 0 spiro atoms. The Labute approximate surface area is 112 Å². The number of ether oxygens (including phenoxy) is 3. The fraction of sp³-hybridized carbons (Fsp3) is 1.00. The quantitative estimate of drug-likeness (QED) is 0.459. The van der Waals surface area contributed by atoms with E-state index in [1.807, 2.05) is 0 Å². The van der Waals surface area contributed by atoms with Gasteiger partial charge in [-0.15, -0.1) is 0 Å². The zero-order valence-electron chi connectivity index (χ0n) is 12.2. The summed E-state index contributed by atoms with van der Waals surface area (Å²) in [6, 6.07) is 0. The first kappa shape index (κ1) is 17.8. The molecule has 18 heavy (non-hydrogen) atoms. The van der Waals surface area contributed by atoms with Gasteiger partial charge in [-0.2, -0.15) is 0 Å². The lowest BCUT2D eigenvalue weighted by molar-refractivity contribution is 0.0518. The van der Waals surface area contributed by atoms with Crippen LogP contribution in [-0.2, 0) is 14.2 Å². The summed E-state index contributed by atoms with van der Waals surface area (Å²) < 4.78 is 15.7. The van der Waals surface area contributed by atoms with Gasteiger partial charge >= 0.3 is 0 Å². The van der Waals surface area contributed by atoms with Crippen LogP contribution in [0.2, 0.25) is 0 Å². The van der Waals surface area contributed by atoms with E-state index in [1.54, 1.807) is 7.11 Å². The largest absolute Gasteiger partial charge is 0.382 e. The maximum Gasteiger partial charge on any atom is 0.0700 e. The molecule has 0 rings (SSSR count). The molecule has 0 saturated carbocycles. The van der Waals surface area contributed by atoms with E-state index in [1.165, 1.54) is 25.7 Å². The third-order valence-electron chi connectivity index (χ3n) is 2.64. The Kier molecular flexibility index (Phi) is 16.7. The van der Waals surface area contributed by atoms with Crippen LogP contribution in [0.4, 0.5) is 0 Å². The highest BCUT2D eigenvalue weighted by Crippen LogP contribution is 1.96. The molecule has 0 aliphatic heterocycles. The molecule has 0 atom stereocenters. The minimum absolute atomic E-state index is 0.669. The van der Waals surface area contributed by atoms with Crippen molar-refractivity contribution in [3.8, 4) is 0 Å². The maximum absolute atomic E-state index is 5.49. The molecule has 4 heteroatoms. The molecule has 1 N–H and O–H groups in total. The van der Waals surface area contributed by atoms with Gasteiger partial charge in [0.05, 0.1) is 19.8 Å². The van der Waals surface area contributed by atoms with E-state index < -0.39 is 0 Å². The molecular weight excluding hydrogens is 230 g/mol. The van der Waals surface area contributed by atoms with Crippen LogP contribution in [0.1, 0.15) is 39.0 Å². The number of unbranched alkanes of at least 4 members (excludes halogenated alkanes) is 3. The van der Waals surface area contributed by atoms with E-state index in [2.05, 4.69) is 12.2 Å². The summed E-state index contributed by atoms with van der Waals surface area (Å²) in [6.45, 7) is 7.99. The zero-order chi connectivity index (χ0) is 13.3. The van der Waals surface area contributed by atoms with Gasteiger partial charge in [0.1, 0.15) is 0 Å². The predicted molar refractivity (Wildman–Crippen MR) is 75.1 cm³/mol. The second-order valence-electron chi connectivity index (χ2n) is 4.38. The van der Waals surface area contributed by atoms with Crippen molar-refractivity contribution in [2.24, 2.45) is 0 Å². The minimum atomic E-state index is 0.669. The highest BCUT2D eigenvalue weighted by atomic mass is 16.5. The SMILES string of the molecule is CCCCCCNCCOCCCOCCOC. The molecule has 0 aliphatic rings. The maximum atomic E-state index is 5.49. The summed E-state index contributed by atoms with van der Waals surface area (Å²) in [5.74, 6) is 0. The fourth-order valence-electron chi connectivity index (χ4n) is 1.56. The molecule has 0 aromatic heterocycles. The van der Waals surface area contributed by atoms with Crippen molar-refractivity contribution < 1.29 is 14.2 Å². The zero-order valence-corrected chi connectivity index (χ0v) is 12.2. The van der Waals surface area contributed by atoms with Crippen molar-refractivity contribution >= 4 is 0 Å². The van der Waals surface area contributed by atoms with Crippen LogP contribution in [0.15, 0.2) is 0 Å². The summed E-state index contributed by atoms with van der Waals surface area (Å²) >= 11 is 0. The molecule has 0 amide bonds. The summed E-state index contributed by atoms with van der Waals surface area (Å²) in [4.78, 5) is 0. The topological polar surface area (TPSA) is 39.7 Å². The van der Waals surface area contributed by atoms with Crippen molar-refractivity contribution in [2.45, 2.75) is 39.0 Å². The first-order chi connectivity index (χ1) is 8.91. The van der Waals surface area contributed by atoms with Gasteiger partial charge in [0.2, 0.25) is 0 Å². The smallest absolute Gasteiger partial charge is 0.0700 e. The summed E-state index contributed by atoms with van der Waals surface area (Å²) in [7, 11) is 1.68. The number of hydrogen-bond donors (Lipinski definition) is 1. The lowest BCUT2D eigenvalue weighted by Crippen LogP contribution is -2.21. The lowest BCUT2D eigenvalue weighted by atomic mass is 10.2. The van der Waals surface area contributed by atoms with Crippen LogP contribution in [0.3, 0.4) is 0 Å². The molecule has 0 heterocycles. The predicted octanol–water partition coefficient (Wildman–Crippen LogP) is 2.23. The van der Waals surface area contributed by atoms with Gasteiger partial charge in [-0.1, -0.05) is 26.2 Å². The van der Waals surface area contributed by atoms with Crippen molar-refractivity contribution in [1.29, 1.82) is 0 Å². The number of hydrogen-bond acceptors (Lipinski definition) is 4. The van der Waals surface area contributed by atoms with Gasteiger partial charge in [0.15, 0.2) is 0 Å². The van der Waals surface area contributed by atoms with E-state index in [9.17, 15) is 0 Å². The van der Waals surface area contributed by atoms with E-state index in [4.69, 9.17) is 14.2 Å². The van der Waals surface area contributed by atoms with Gasteiger partial charge in [0, 0.05) is 26.9 Å². The standard InChI is InChI=1S/C14H31NO3/c1-3-4-5-6-8-15-9-12-17-10-7-11-18-14-13-16-2/h15H,3-14H2,1-2H3. The first-order valence-corrected chi connectivity index (χ1v) is 7.27. The molecule has 110 valence electrons. The Morgan fingerprint density at radius 3 is 2.22 bits per heavy atom. The van der Waals surface area contributed by atoms with E-state index in [-0.39, 0.29) is 0 Å². The fourth-order valence-corrected chi connectivity index (χ4v) is 1.56. The van der Waals surface area contributed by atoms with Crippen molar-refractivity contribution in [3.63, 3.8) is 0 Å². The molecule has 0 saturated heterocycles. The normalized spacial score (nSPS) is 11.0. The minimum Gasteiger partial charge on any atom is -0.382 e. The second kappa shape index (κ2) is 16.8. The van der Waals surface area contributed by atoms with Crippen molar-refractivity contribution in [2.75, 3.05) is 53.2 Å². The molecule has 0 radical (unpaired) electrons. The van der Waals surface area contributed by atoms with E-state index in [0.29, 0.717) is 13.2 Å². The highest BCUT2D eigenvalue weighted by Gasteiger charge is 1.92. The Morgan fingerprint density at radius 1 is 0.722 bits per heavy atom. The number of nitrogens with one attached hydrogen (secondary N) is 1. The van der Waals surface area contributed by atoms with Gasteiger partial charge < -0.3 is 19.5 Å². The van der Waals surface area contributed by atoms with Crippen LogP contribution in [0.25, 0.3) is 0 Å². The van der Waals surface area contributed by atoms with E-state index >= 15 is 0 Å². The Morgan fingerprint density at radius 2 is 1.50 bits per heavy atom. The number of methoxy groups -OCH3 is 1. The number of rotatable bonds is 15. The molecule has 0 fully saturated rings. The van der Waals surface area contributed by atoms with Crippen LogP contribution in [0.5, 0.6) is 0 Å². The summed E-state index contributed by atoms with van der Waals surface area (Å²) in [5.41, 5.74) is 0. The average molecular weight is 261 g/mol. The second-order valence-corrected chi connectivity index (χ2v) is 4.38. The molecule has 0 aromatic rings. The van der Waals surface area contributed by atoms with E-state index in [0.717, 1.165) is 39.3 Å². The molecule has 0 aromatic carbocycles. The van der Waals surface area contributed by atoms with Gasteiger partial charge in [0.25, 0.3) is 0 Å². The summed E-state index contributed by atoms with van der Waals surface area (Å²) in [5, 5.41) is 3.39.